The molecular formula is C33H42N6O14P3+. The maximum Gasteiger partial charge on any atom is 0.490 e. The maximum absolute atomic E-state index is 12.8. The van der Waals surface area contributed by atoms with Gasteiger partial charge >= 0.3 is 29.2 Å². The summed E-state index contributed by atoms with van der Waals surface area (Å²) in [5, 5.41) is 4.88. The number of nitrogens with zero attached hydrogens (tertiary/aromatic N) is 4. The molecule has 6 N–H and O–H groups in total. The molecule has 4 atom stereocenters. The standard InChI is InChI=1S/C33H41N6O14P3/c1-36(2)25-11-9-22-17-23-10-12-26(37(3)4)19-29(23)38(28(22)18-25)16-6-8-30(40)34-15-5-7-24-20-39(33(42)35-32(24)41)31-14-13-27(51-31)21-50-55(46,47)53-56(48,49)52-54(43,44)45/h9-12,17-20,27,31H,6,8,13-16,21H2,1-4H3,(H5-,34,35,40,41,42,43,44,45,46,47,48,49)/p+1/t27-,31+/m0/s1. The van der Waals surface area contributed by atoms with Gasteiger partial charge in [0.2, 0.25) is 16.9 Å². The third-order valence-corrected chi connectivity index (χ3v) is 12.3. The molecule has 2 unspecified atom stereocenters. The van der Waals surface area contributed by atoms with Crippen molar-refractivity contribution in [1.82, 2.24) is 14.9 Å². The smallest absolute Gasteiger partial charge is 0.377 e. The Bertz CT molecular complexity index is 2390. The predicted molar refractivity (Wildman–Crippen MR) is 204 cm³/mol. The van der Waals surface area contributed by atoms with E-state index in [1.807, 2.05) is 38.0 Å². The van der Waals surface area contributed by atoms with Gasteiger partial charge in [-0.15, -0.1) is 0 Å². The maximum atomic E-state index is 12.8. The van der Waals surface area contributed by atoms with Crippen LogP contribution in [0.4, 0.5) is 11.4 Å². The number of carbonyl (C=O) groups excluding carboxylic acids is 1. The fourth-order valence-electron chi connectivity index (χ4n) is 5.92. The van der Waals surface area contributed by atoms with Crippen LogP contribution in [0.3, 0.4) is 0 Å². The summed E-state index contributed by atoms with van der Waals surface area (Å²) in [5.74, 6) is 5.11. The lowest BCUT2D eigenvalue weighted by Gasteiger charge is -2.19. The van der Waals surface area contributed by atoms with E-state index in [-0.39, 0.29) is 37.3 Å². The van der Waals surface area contributed by atoms with Crippen LogP contribution in [0.2, 0.25) is 0 Å². The first kappa shape index (κ1) is 42.9. The zero-order valence-electron chi connectivity index (χ0n) is 30.7. The summed E-state index contributed by atoms with van der Waals surface area (Å²) >= 11 is 0. The van der Waals surface area contributed by atoms with Gasteiger partial charge in [-0.2, -0.15) is 13.2 Å². The van der Waals surface area contributed by atoms with Gasteiger partial charge < -0.3 is 39.4 Å². The number of carbonyl (C=O) groups is 1. The Labute approximate surface area is 320 Å². The molecule has 0 radical (unpaired) electrons. The van der Waals surface area contributed by atoms with Crippen LogP contribution in [-0.4, -0.2) is 82.5 Å². The van der Waals surface area contributed by atoms with Crippen molar-refractivity contribution in [3.63, 3.8) is 0 Å². The number of anilines is 2. The van der Waals surface area contributed by atoms with Gasteiger partial charge in [0, 0.05) is 81.5 Å². The van der Waals surface area contributed by atoms with Crippen molar-refractivity contribution < 1.29 is 60.5 Å². The van der Waals surface area contributed by atoms with Crippen LogP contribution in [0, 0.1) is 11.8 Å². The molecule has 2 aromatic carbocycles. The lowest BCUT2D eigenvalue weighted by Crippen LogP contribution is -2.37. The Morgan fingerprint density at radius 1 is 0.946 bits per heavy atom. The number of aromatic amines is 1. The first-order chi connectivity index (χ1) is 26.2. The minimum absolute atomic E-state index is 0.0806. The van der Waals surface area contributed by atoms with E-state index in [1.54, 1.807) is 0 Å². The number of fused-ring (bicyclic) bond motifs is 2. The molecule has 0 bridgehead atoms. The van der Waals surface area contributed by atoms with E-state index < -0.39 is 53.7 Å². The Balaban J connectivity index is 1.18. The third kappa shape index (κ3) is 11.4. The van der Waals surface area contributed by atoms with Gasteiger partial charge in [-0.1, -0.05) is 11.8 Å². The Kier molecular flexibility index (Phi) is 13.4. The molecule has 5 rings (SSSR count). The number of nitrogens with one attached hydrogen (secondary N) is 2. The second-order valence-electron chi connectivity index (χ2n) is 13.1. The predicted octanol–water partition coefficient (Wildman–Crippen LogP) is 2.23. The van der Waals surface area contributed by atoms with Crippen LogP contribution in [0.25, 0.3) is 21.8 Å². The number of aryl methyl sites for hydroxylation is 1. The van der Waals surface area contributed by atoms with Crippen LogP contribution in [0.1, 0.15) is 37.5 Å². The molecule has 0 spiro atoms. The largest absolute Gasteiger partial charge is 0.490 e. The van der Waals surface area contributed by atoms with Crippen molar-refractivity contribution in [2.24, 2.45) is 0 Å². The number of H-pyrrole nitrogens is 1. The molecular weight excluding hydrogens is 797 g/mol. The number of phosphoric ester groups is 1. The molecule has 1 aliphatic rings. The molecule has 23 heteroatoms. The highest BCUT2D eigenvalue weighted by molar-refractivity contribution is 7.66. The second-order valence-corrected chi connectivity index (χ2v) is 17.6. The van der Waals surface area contributed by atoms with E-state index in [2.05, 4.69) is 82.3 Å². The van der Waals surface area contributed by atoms with E-state index in [1.165, 1.54) is 6.20 Å². The number of amides is 1. The van der Waals surface area contributed by atoms with E-state index in [4.69, 9.17) is 14.5 Å². The number of rotatable bonds is 15. The summed E-state index contributed by atoms with van der Waals surface area (Å²) in [6.07, 6.45) is 0.307. The monoisotopic (exact) mass is 839 g/mol. The molecule has 20 nitrogen and oxygen atoms in total. The fourth-order valence-corrected chi connectivity index (χ4v) is 8.97. The number of ether oxygens (including phenoxy) is 1. The van der Waals surface area contributed by atoms with Crippen LogP contribution in [0.5, 0.6) is 0 Å². The number of hydrogen-bond donors (Lipinski definition) is 6. The number of benzene rings is 2. The zero-order chi connectivity index (χ0) is 41.0. The molecule has 1 aliphatic heterocycles. The van der Waals surface area contributed by atoms with Gasteiger partial charge in [0.15, 0.2) is 0 Å². The minimum Gasteiger partial charge on any atom is -0.377 e. The molecule has 2 aromatic heterocycles. The molecule has 4 aromatic rings. The molecule has 3 heterocycles. The number of phosphoric acid groups is 3. The van der Waals surface area contributed by atoms with Crippen LogP contribution in [0.15, 0.2) is 58.3 Å². The Morgan fingerprint density at radius 2 is 1.57 bits per heavy atom. The highest BCUT2D eigenvalue weighted by Gasteiger charge is 2.41. The topological polar surface area (TPSA) is 263 Å². The minimum atomic E-state index is -5.69. The summed E-state index contributed by atoms with van der Waals surface area (Å²) in [7, 11) is -8.69. The van der Waals surface area contributed by atoms with E-state index in [9.17, 15) is 37.9 Å². The SMILES string of the molecule is CN(C)c1ccc2cc3ccc(N(C)C)cc3[n+](CCCC(=O)NCC#Cc3cn([C@H]4CC[C@@H](COP(=O)(O)OP(=O)(O)OP(=O)(O)O)O4)c(=O)[nH]c3=O)c2c1. The van der Waals surface area contributed by atoms with Gasteiger partial charge in [0.1, 0.15) is 18.3 Å². The molecule has 1 saturated heterocycles. The summed E-state index contributed by atoms with van der Waals surface area (Å²) < 4.78 is 55.3. The summed E-state index contributed by atoms with van der Waals surface area (Å²) in [6, 6.07) is 14.7. The highest BCUT2D eigenvalue weighted by Crippen LogP contribution is 2.66. The lowest BCUT2D eigenvalue weighted by atomic mass is 10.1. The average molecular weight is 840 g/mol. The zero-order valence-corrected chi connectivity index (χ0v) is 33.4. The van der Waals surface area contributed by atoms with Gasteiger partial charge in [0.05, 0.1) is 19.3 Å². The third-order valence-electron chi connectivity index (χ3n) is 8.54. The van der Waals surface area contributed by atoms with Crippen molar-refractivity contribution in [3.8, 4) is 11.8 Å². The first-order valence-corrected chi connectivity index (χ1v) is 21.5. The first-order valence-electron chi connectivity index (χ1n) is 17.0. The van der Waals surface area contributed by atoms with Gasteiger partial charge in [-0.3, -0.25) is 23.7 Å². The molecule has 1 amide bonds. The van der Waals surface area contributed by atoms with Crippen molar-refractivity contribution in [2.45, 2.75) is 44.6 Å². The van der Waals surface area contributed by atoms with Gasteiger partial charge in [0.25, 0.3) is 5.56 Å². The van der Waals surface area contributed by atoms with Crippen molar-refractivity contribution >= 4 is 62.6 Å². The quantitative estimate of drug-likeness (QED) is 0.0434. The van der Waals surface area contributed by atoms with Crippen LogP contribution < -0.4 is 30.9 Å². The van der Waals surface area contributed by atoms with Crippen molar-refractivity contribution in [1.29, 1.82) is 0 Å². The van der Waals surface area contributed by atoms with E-state index in [0.717, 1.165) is 37.7 Å². The number of aromatic nitrogens is 3. The molecule has 1 fully saturated rings. The molecule has 0 saturated carbocycles. The molecule has 56 heavy (non-hydrogen) atoms. The molecule has 302 valence electrons. The summed E-state index contributed by atoms with van der Waals surface area (Å²) in [6.45, 7) is -0.209. The van der Waals surface area contributed by atoms with Gasteiger partial charge in [-0.25, -0.2) is 18.5 Å². The molecule has 0 aliphatic carbocycles. The van der Waals surface area contributed by atoms with E-state index in [0.29, 0.717) is 13.0 Å². The van der Waals surface area contributed by atoms with Crippen molar-refractivity contribution in [3.05, 3.63) is 75.1 Å². The van der Waals surface area contributed by atoms with Crippen LogP contribution >= 0.6 is 23.5 Å². The number of pyridine rings is 1. The normalized spacial score (nSPS) is 17.9. The fraction of sp³-hybridized carbons (Fsp3) is 0.394. The number of hydrogen-bond acceptors (Lipinski definition) is 12. The van der Waals surface area contributed by atoms with Crippen LogP contribution in [-0.2, 0) is 42.9 Å². The highest BCUT2D eigenvalue weighted by atomic mass is 31.3. The Hall–Kier alpha value is -4.21. The van der Waals surface area contributed by atoms with Crippen molar-refractivity contribution in [2.75, 3.05) is 51.1 Å². The average Bonchev–Trinajstić information content (AvgIpc) is 3.56. The summed E-state index contributed by atoms with van der Waals surface area (Å²) in [5.41, 5.74) is 2.47. The lowest BCUT2D eigenvalue weighted by molar-refractivity contribution is -0.645. The summed E-state index contributed by atoms with van der Waals surface area (Å²) in [4.78, 5) is 80.4. The van der Waals surface area contributed by atoms with E-state index >= 15 is 0 Å². The Morgan fingerprint density at radius 3 is 2.16 bits per heavy atom. The second kappa shape index (κ2) is 17.5. The van der Waals surface area contributed by atoms with Gasteiger partial charge in [-0.05, 0) is 43.2 Å².